The lowest BCUT2D eigenvalue weighted by atomic mass is 10.1. The van der Waals surface area contributed by atoms with Crippen molar-refractivity contribution in [2.45, 2.75) is 44.2 Å². The van der Waals surface area contributed by atoms with Crippen LogP contribution in [0.1, 0.15) is 33.1 Å². The Balaban J connectivity index is 2.10. The monoisotopic (exact) mass is 272 g/mol. The summed E-state index contributed by atoms with van der Waals surface area (Å²) in [5, 5.41) is 5.14. The lowest BCUT2D eigenvalue weighted by Crippen LogP contribution is -2.25. The van der Waals surface area contributed by atoms with Crippen molar-refractivity contribution in [2.75, 3.05) is 12.3 Å². The molecule has 96 valence electrons. The van der Waals surface area contributed by atoms with Gasteiger partial charge in [-0.25, -0.2) is 4.98 Å². The number of nitrogens with one attached hydrogen (secondary N) is 1. The third kappa shape index (κ3) is 6.29. The van der Waals surface area contributed by atoms with Crippen molar-refractivity contribution in [2.24, 2.45) is 0 Å². The Bertz CT molecular complexity index is 320. The molecule has 0 aromatic carbocycles. The van der Waals surface area contributed by atoms with Crippen molar-refractivity contribution in [3.63, 3.8) is 0 Å². The molecular weight excluding hydrogens is 252 g/mol. The van der Waals surface area contributed by atoms with Crippen molar-refractivity contribution in [3.05, 3.63) is 23.4 Å². The zero-order valence-electron chi connectivity index (χ0n) is 10.6. The first-order chi connectivity index (χ1) is 8.24. The van der Waals surface area contributed by atoms with Crippen LogP contribution >= 0.6 is 23.4 Å². The molecule has 1 atom stereocenters. The Labute approximate surface area is 114 Å². The number of pyridine rings is 1. The third-order valence-electron chi connectivity index (χ3n) is 2.55. The van der Waals surface area contributed by atoms with Gasteiger partial charge >= 0.3 is 0 Å². The first-order valence-electron chi connectivity index (χ1n) is 6.20. The Kier molecular flexibility index (Phi) is 7.65. The maximum atomic E-state index is 6.04. The summed E-state index contributed by atoms with van der Waals surface area (Å²) in [4.78, 5) is 4.26. The molecule has 1 heterocycles. The van der Waals surface area contributed by atoms with Gasteiger partial charge in [-0.1, -0.05) is 24.9 Å². The van der Waals surface area contributed by atoms with Crippen molar-refractivity contribution in [1.29, 1.82) is 0 Å². The second-order valence-corrected chi connectivity index (χ2v) is 5.58. The Morgan fingerprint density at radius 3 is 3.00 bits per heavy atom. The molecule has 0 aliphatic heterocycles. The van der Waals surface area contributed by atoms with E-state index in [0.717, 1.165) is 22.3 Å². The van der Waals surface area contributed by atoms with Crippen LogP contribution in [0.25, 0.3) is 0 Å². The highest BCUT2D eigenvalue weighted by molar-refractivity contribution is 7.99. The SMILES string of the molecule is CCNC(C)CCCCSc1ncccc1Cl. The van der Waals surface area contributed by atoms with Gasteiger partial charge in [0.15, 0.2) is 0 Å². The van der Waals surface area contributed by atoms with Gasteiger partial charge < -0.3 is 5.32 Å². The molecule has 1 aromatic rings. The third-order valence-corrected chi connectivity index (χ3v) is 4.06. The molecule has 4 heteroatoms. The van der Waals surface area contributed by atoms with E-state index in [-0.39, 0.29) is 0 Å². The maximum absolute atomic E-state index is 6.04. The summed E-state index contributed by atoms with van der Waals surface area (Å²) in [6.45, 7) is 5.45. The number of halogens is 1. The molecule has 0 amide bonds. The largest absolute Gasteiger partial charge is 0.315 e. The standard InChI is InChI=1S/C13H21ClN2S/c1-3-15-11(2)7-4-5-10-17-13-12(14)8-6-9-16-13/h6,8-9,11,15H,3-5,7,10H2,1-2H3. The predicted molar refractivity (Wildman–Crippen MR) is 77.0 cm³/mol. The summed E-state index contributed by atoms with van der Waals surface area (Å²) in [7, 11) is 0. The van der Waals surface area contributed by atoms with Crippen LogP contribution in [0.2, 0.25) is 5.02 Å². The Morgan fingerprint density at radius 1 is 1.47 bits per heavy atom. The number of rotatable bonds is 8. The van der Waals surface area contributed by atoms with Gasteiger partial charge in [0.25, 0.3) is 0 Å². The molecule has 0 bridgehead atoms. The van der Waals surface area contributed by atoms with Crippen LogP contribution in [0.4, 0.5) is 0 Å². The number of thioether (sulfide) groups is 1. The van der Waals surface area contributed by atoms with Crippen LogP contribution in [-0.2, 0) is 0 Å². The van der Waals surface area contributed by atoms with E-state index in [0.29, 0.717) is 6.04 Å². The smallest absolute Gasteiger partial charge is 0.115 e. The molecular formula is C13H21ClN2S. The molecule has 1 aromatic heterocycles. The van der Waals surface area contributed by atoms with Crippen LogP contribution in [0.15, 0.2) is 23.4 Å². The minimum absolute atomic E-state index is 0.628. The highest BCUT2D eigenvalue weighted by atomic mass is 35.5. The lowest BCUT2D eigenvalue weighted by Gasteiger charge is -2.11. The van der Waals surface area contributed by atoms with Crippen LogP contribution in [0, 0.1) is 0 Å². The van der Waals surface area contributed by atoms with Crippen LogP contribution in [-0.4, -0.2) is 23.3 Å². The predicted octanol–water partition coefficient (Wildman–Crippen LogP) is 4.00. The van der Waals surface area contributed by atoms with Gasteiger partial charge in [0.05, 0.1) is 5.02 Å². The minimum atomic E-state index is 0.628. The quantitative estimate of drug-likeness (QED) is 0.572. The van der Waals surface area contributed by atoms with Crippen molar-refractivity contribution < 1.29 is 0 Å². The van der Waals surface area contributed by atoms with Gasteiger partial charge in [-0.3, -0.25) is 0 Å². The second-order valence-electron chi connectivity index (χ2n) is 4.09. The summed E-state index contributed by atoms with van der Waals surface area (Å²) in [6, 6.07) is 4.39. The normalized spacial score (nSPS) is 12.6. The zero-order chi connectivity index (χ0) is 12.5. The van der Waals surface area contributed by atoms with Gasteiger partial charge in [-0.05, 0) is 44.2 Å². The summed E-state index contributed by atoms with van der Waals surface area (Å²) < 4.78 is 0. The van der Waals surface area contributed by atoms with Crippen LogP contribution < -0.4 is 5.32 Å². The first kappa shape index (κ1) is 14.8. The lowest BCUT2D eigenvalue weighted by molar-refractivity contribution is 0.510. The fraction of sp³-hybridized carbons (Fsp3) is 0.615. The molecule has 0 spiro atoms. The summed E-state index contributed by atoms with van der Waals surface area (Å²) in [6.07, 6.45) is 5.50. The molecule has 0 saturated carbocycles. The van der Waals surface area contributed by atoms with Crippen molar-refractivity contribution >= 4 is 23.4 Å². The molecule has 0 fully saturated rings. The number of aromatic nitrogens is 1. The molecule has 1 unspecified atom stereocenters. The van der Waals surface area contributed by atoms with E-state index < -0.39 is 0 Å². The van der Waals surface area contributed by atoms with Gasteiger partial charge in [0, 0.05) is 12.2 Å². The Hall–Kier alpha value is -0.250. The van der Waals surface area contributed by atoms with Crippen molar-refractivity contribution in [1.82, 2.24) is 10.3 Å². The fourth-order valence-electron chi connectivity index (χ4n) is 1.65. The molecule has 0 aliphatic carbocycles. The molecule has 1 N–H and O–H groups in total. The molecule has 17 heavy (non-hydrogen) atoms. The van der Waals surface area contributed by atoms with Gasteiger partial charge in [0.1, 0.15) is 5.03 Å². The average molecular weight is 273 g/mol. The number of hydrogen-bond donors (Lipinski definition) is 1. The van der Waals surface area contributed by atoms with Crippen LogP contribution in [0.5, 0.6) is 0 Å². The topological polar surface area (TPSA) is 24.9 Å². The van der Waals surface area contributed by atoms with Gasteiger partial charge in [0.2, 0.25) is 0 Å². The second kappa shape index (κ2) is 8.78. The van der Waals surface area contributed by atoms with Gasteiger partial charge in [-0.15, -0.1) is 11.8 Å². The van der Waals surface area contributed by atoms with Gasteiger partial charge in [-0.2, -0.15) is 0 Å². The van der Waals surface area contributed by atoms with E-state index in [9.17, 15) is 0 Å². The minimum Gasteiger partial charge on any atom is -0.315 e. The van der Waals surface area contributed by atoms with E-state index in [2.05, 4.69) is 24.1 Å². The van der Waals surface area contributed by atoms with E-state index >= 15 is 0 Å². The first-order valence-corrected chi connectivity index (χ1v) is 7.57. The summed E-state index contributed by atoms with van der Waals surface area (Å²) >= 11 is 7.78. The van der Waals surface area contributed by atoms with E-state index in [1.54, 1.807) is 18.0 Å². The molecule has 1 rings (SSSR count). The molecule has 0 saturated heterocycles. The molecule has 2 nitrogen and oxygen atoms in total. The average Bonchev–Trinajstić information content (AvgIpc) is 2.31. The highest BCUT2D eigenvalue weighted by Crippen LogP contribution is 2.24. The maximum Gasteiger partial charge on any atom is 0.115 e. The van der Waals surface area contributed by atoms with Crippen molar-refractivity contribution in [3.8, 4) is 0 Å². The molecule has 0 aliphatic rings. The van der Waals surface area contributed by atoms with E-state index in [1.165, 1.54) is 19.3 Å². The summed E-state index contributed by atoms with van der Waals surface area (Å²) in [5.41, 5.74) is 0. The zero-order valence-corrected chi connectivity index (χ0v) is 12.2. The van der Waals surface area contributed by atoms with Crippen LogP contribution in [0.3, 0.4) is 0 Å². The number of unbranched alkanes of at least 4 members (excludes halogenated alkanes) is 1. The van der Waals surface area contributed by atoms with E-state index in [4.69, 9.17) is 11.6 Å². The Morgan fingerprint density at radius 2 is 2.29 bits per heavy atom. The highest BCUT2D eigenvalue weighted by Gasteiger charge is 2.02. The number of nitrogens with zero attached hydrogens (tertiary/aromatic N) is 1. The summed E-state index contributed by atoms with van der Waals surface area (Å²) in [5.74, 6) is 1.09. The number of hydrogen-bond acceptors (Lipinski definition) is 3. The fourth-order valence-corrected chi connectivity index (χ4v) is 2.82. The van der Waals surface area contributed by atoms with E-state index in [1.807, 2.05) is 12.1 Å². The molecule has 0 radical (unpaired) electrons.